The van der Waals surface area contributed by atoms with Crippen LogP contribution in [0.15, 0.2) is 0 Å². The van der Waals surface area contributed by atoms with E-state index < -0.39 is 0 Å². The summed E-state index contributed by atoms with van der Waals surface area (Å²) in [6.45, 7) is 12.1. The van der Waals surface area contributed by atoms with Crippen LogP contribution in [0.25, 0.3) is 0 Å². The van der Waals surface area contributed by atoms with Crippen LogP contribution < -0.4 is 0 Å². The molecule has 0 aromatic carbocycles. The molecule has 0 amide bonds. The van der Waals surface area contributed by atoms with Crippen LogP contribution in [0.3, 0.4) is 0 Å². The Hall–Kier alpha value is -0.160. The molecule has 0 N–H and O–H groups in total. The minimum absolute atomic E-state index is 0.137. The fraction of sp³-hybridized carbons (Fsp3) is 0.967. The van der Waals surface area contributed by atoms with Crippen LogP contribution in [0, 0.1) is 0 Å². The fourth-order valence-corrected chi connectivity index (χ4v) is 3.74. The zero-order valence-electron chi connectivity index (χ0n) is 26.2. The molecule has 0 radical (unpaired) electrons. The molecule has 0 saturated heterocycles. The van der Waals surface area contributed by atoms with Crippen LogP contribution in [0.2, 0.25) is 0 Å². The van der Waals surface area contributed by atoms with Crippen molar-refractivity contribution in [2.24, 2.45) is 0 Å². The number of hydrogen-bond acceptors (Lipinski definition) is 11. The quantitative estimate of drug-likeness (QED) is 0.0398. The van der Waals surface area contributed by atoms with E-state index >= 15 is 0 Å². The van der Waals surface area contributed by atoms with Gasteiger partial charge in [0.05, 0.1) is 119 Å². The van der Waals surface area contributed by atoms with Crippen molar-refractivity contribution < 1.29 is 52.2 Å². The molecular formula is C30H59IO11. The lowest BCUT2D eigenvalue weighted by molar-refractivity contribution is -0.145. The molecule has 0 aromatic heterocycles. The van der Waals surface area contributed by atoms with Gasteiger partial charge >= 0.3 is 5.97 Å². The van der Waals surface area contributed by atoms with Crippen molar-refractivity contribution in [2.45, 2.75) is 58.3 Å². The number of hydrogen-bond donors (Lipinski definition) is 0. The van der Waals surface area contributed by atoms with E-state index in [0.29, 0.717) is 125 Å². The van der Waals surface area contributed by atoms with Crippen molar-refractivity contribution in [2.75, 3.05) is 130 Å². The molecule has 0 rings (SSSR count). The third kappa shape index (κ3) is 37.9. The van der Waals surface area contributed by atoms with Crippen LogP contribution in [-0.4, -0.2) is 136 Å². The van der Waals surface area contributed by atoms with Gasteiger partial charge in [0.2, 0.25) is 0 Å². The second-order valence-corrected chi connectivity index (χ2v) is 10.4. The van der Waals surface area contributed by atoms with Crippen LogP contribution in [-0.2, 0) is 52.2 Å². The van der Waals surface area contributed by atoms with E-state index in [-0.39, 0.29) is 5.97 Å². The molecule has 0 fully saturated rings. The standard InChI is InChI=1S/C30H59IO11/c1-2-3-4-5-6-7-8-9-30(32)42-29-28-41-27-26-40-25-24-39-23-22-38-21-20-37-19-18-36-17-16-35-15-14-34-13-12-33-11-10-31/h2-29H2,1H3. The Morgan fingerprint density at radius 2 is 0.690 bits per heavy atom. The van der Waals surface area contributed by atoms with Gasteiger partial charge in [0.1, 0.15) is 6.61 Å². The van der Waals surface area contributed by atoms with Crippen LogP contribution in [0.5, 0.6) is 0 Å². The molecule has 0 heterocycles. The summed E-state index contributed by atoms with van der Waals surface area (Å²) in [5.41, 5.74) is 0. The summed E-state index contributed by atoms with van der Waals surface area (Å²) in [6.07, 6.45) is 8.82. The number of unbranched alkanes of at least 4 members (excludes halogenated alkanes) is 6. The van der Waals surface area contributed by atoms with Gasteiger partial charge in [-0.2, -0.15) is 0 Å². The summed E-state index contributed by atoms with van der Waals surface area (Å²) < 4.78 is 55.1. The molecule has 0 aromatic rings. The summed E-state index contributed by atoms with van der Waals surface area (Å²) in [5, 5.41) is 0. The second kappa shape index (κ2) is 38.9. The predicted octanol–water partition coefficient (Wildman–Crippen LogP) is 4.25. The van der Waals surface area contributed by atoms with Gasteiger partial charge in [-0.3, -0.25) is 4.79 Å². The first-order valence-corrected chi connectivity index (χ1v) is 17.2. The zero-order valence-corrected chi connectivity index (χ0v) is 28.3. The van der Waals surface area contributed by atoms with Gasteiger partial charge < -0.3 is 47.4 Å². The first kappa shape index (κ1) is 41.8. The minimum Gasteiger partial charge on any atom is -0.463 e. The number of ether oxygens (including phenoxy) is 10. The van der Waals surface area contributed by atoms with Gasteiger partial charge in [-0.05, 0) is 6.42 Å². The van der Waals surface area contributed by atoms with Crippen molar-refractivity contribution in [1.82, 2.24) is 0 Å². The van der Waals surface area contributed by atoms with E-state index in [2.05, 4.69) is 29.5 Å². The van der Waals surface area contributed by atoms with Crippen molar-refractivity contribution in [3.05, 3.63) is 0 Å². The molecule has 0 atom stereocenters. The normalized spacial score (nSPS) is 11.4. The molecule has 0 aliphatic rings. The summed E-state index contributed by atoms with van der Waals surface area (Å²) >= 11 is 2.28. The van der Waals surface area contributed by atoms with E-state index in [1.807, 2.05) is 0 Å². The number of alkyl halides is 1. The predicted molar refractivity (Wildman–Crippen MR) is 170 cm³/mol. The Morgan fingerprint density at radius 3 is 1.02 bits per heavy atom. The Kier molecular flexibility index (Phi) is 38.7. The number of esters is 1. The maximum atomic E-state index is 11.7. The smallest absolute Gasteiger partial charge is 0.305 e. The Labute approximate surface area is 268 Å². The molecule has 252 valence electrons. The first-order valence-electron chi connectivity index (χ1n) is 15.7. The van der Waals surface area contributed by atoms with Crippen LogP contribution in [0.1, 0.15) is 58.3 Å². The van der Waals surface area contributed by atoms with Crippen molar-refractivity contribution >= 4 is 28.6 Å². The maximum absolute atomic E-state index is 11.7. The Bertz CT molecular complexity index is 518. The molecule has 0 aliphatic carbocycles. The molecule has 0 unspecified atom stereocenters. The Morgan fingerprint density at radius 1 is 0.405 bits per heavy atom. The Balaban J connectivity index is 3.09. The fourth-order valence-electron chi connectivity index (χ4n) is 3.43. The molecule has 0 bridgehead atoms. The van der Waals surface area contributed by atoms with Crippen LogP contribution >= 0.6 is 22.6 Å². The third-order valence-corrected chi connectivity index (χ3v) is 6.11. The lowest BCUT2D eigenvalue weighted by Gasteiger charge is -2.09. The highest BCUT2D eigenvalue weighted by Crippen LogP contribution is 2.08. The van der Waals surface area contributed by atoms with E-state index in [0.717, 1.165) is 23.9 Å². The van der Waals surface area contributed by atoms with Gasteiger partial charge in [0.15, 0.2) is 0 Å². The molecule has 0 aliphatic heterocycles. The van der Waals surface area contributed by atoms with Crippen LogP contribution in [0.4, 0.5) is 0 Å². The molecule has 12 heteroatoms. The highest BCUT2D eigenvalue weighted by molar-refractivity contribution is 14.1. The van der Waals surface area contributed by atoms with Gasteiger partial charge in [-0.15, -0.1) is 0 Å². The number of rotatable bonds is 37. The molecule has 0 spiro atoms. The van der Waals surface area contributed by atoms with Crippen molar-refractivity contribution in [3.63, 3.8) is 0 Å². The van der Waals surface area contributed by atoms with E-state index in [4.69, 9.17) is 47.4 Å². The molecule has 0 saturated carbocycles. The summed E-state index contributed by atoms with van der Waals surface area (Å²) in [6, 6.07) is 0. The van der Waals surface area contributed by atoms with Gasteiger partial charge in [-0.1, -0.05) is 68.0 Å². The highest BCUT2D eigenvalue weighted by atomic mass is 127. The number of halogens is 1. The summed E-state index contributed by atoms with van der Waals surface area (Å²) in [4.78, 5) is 11.7. The lowest BCUT2D eigenvalue weighted by Crippen LogP contribution is -2.15. The van der Waals surface area contributed by atoms with E-state index in [9.17, 15) is 4.79 Å². The highest BCUT2D eigenvalue weighted by Gasteiger charge is 2.02. The lowest BCUT2D eigenvalue weighted by atomic mass is 10.1. The van der Waals surface area contributed by atoms with E-state index in [1.54, 1.807) is 0 Å². The molecule has 42 heavy (non-hydrogen) atoms. The van der Waals surface area contributed by atoms with Crippen molar-refractivity contribution in [3.8, 4) is 0 Å². The van der Waals surface area contributed by atoms with Gasteiger partial charge in [0, 0.05) is 10.8 Å². The molecule has 11 nitrogen and oxygen atoms in total. The average molecular weight is 723 g/mol. The van der Waals surface area contributed by atoms with Gasteiger partial charge in [-0.25, -0.2) is 0 Å². The average Bonchev–Trinajstić information content (AvgIpc) is 2.99. The third-order valence-electron chi connectivity index (χ3n) is 5.67. The zero-order chi connectivity index (χ0) is 30.4. The number of carbonyl (C=O) groups is 1. The SMILES string of the molecule is CCCCCCCCCC(=O)OCCOCCOCCOCCOCCOCCOCCOCCOCCOCCI. The second-order valence-electron chi connectivity index (χ2n) is 9.29. The number of carbonyl (C=O) groups excluding carboxylic acids is 1. The monoisotopic (exact) mass is 722 g/mol. The summed E-state index contributed by atoms with van der Waals surface area (Å²) in [5.74, 6) is -0.137. The topological polar surface area (TPSA) is 109 Å². The first-order chi connectivity index (χ1) is 20.8. The molecular weight excluding hydrogens is 663 g/mol. The minimum atomic E-state index is -0.137. The van der Waals surface area contributed by atoms with E-state index in [1.165, 1.54) is 32.1 Å². The largest absolute Gasteiger partial charge is 0.463 e. The maximum Gasteiger partial charge on any atom is 0.305 e. The van der Waals surface area contributed by atoms with Gasteiger partial charge in [0.25, 0.3) is 0 Å². The summed E-state index contributed by atoms with van der Waals surface area (Å²) in [7, 11) is 0. The van der Waals surface area contributed by atoms with Crippen molar-refractivity contribution in [1.29, 1.82) is 0 Å².